The minimum atomic E-state index is -0.641. The van der Waals surface area contributed by atoms with Crippen molar-refractivity contribution in [3.8, 4) is 0 Å². The third-order valence-corrected chi connectivity index (χ3v) is 2.75. The Labute approximate surface area is 85.3 Å². The van der Waals surface area contributed by atoms with Crippen LogP contribution < -0.4 is 5.32 Å². The quantitative estimate of drug-likeness (QED) is 0.557. The highest BCUT2D eigenvalue weighted by Crippen LogP contribution is 2.22. The van der Waals surface area contributed by atoms with E-state index in [0.717, 1.165) is 26.0 Å². The highest BCUT2D eigenvalue weighted by Gasteiger charge is 2.26. The van der Waals surface area contributed by atoms with E-state index in [-0.39, 0.29) is 6.61 Å². The van der Waals surface area contributed by atoms with E-state index >= 15 is 0 Å². The summed E-state index contributed by atoms with van der Waals surface area (Å²) in [5, 5.41) is 20.9. The summed E-state index contributed by atoms with van der Waals surface area (Å²) >= 11 is 0. The Bertz CT molecular complexity index is 154. The van der Waals surface area contributed by atoms with E-state index in [9.17, 15) is 0 Å². The molecule has 1 saturated heterocycles. The molecule has 0 saturated carbocycles. The van der Waals surface area contributed by atoms with Crippen molar-refractivity contribution in [2.45, 2.75) is 32.0 Å². The standard InChI is InChI=1S/C10H21NO3/c1-2-10-8(3-4-14-10)5-11-6-9(13)7-12/h8-13H,2-7H2,1H3. The van der Waals surface area contributed by atoms with Gasteiger partial charge in [0.25, 0.3) is 0 Å². The molecule has 1 heterocycles. The lowest BCUT2D eigenvalue weighted by Crippen LogP contribution is -2.35. The molecule has 0 radical (unpaired) electrons. The molecule has 14 heavy (non-hydrogen) atoms. The van der Waals surface area contributed by atoms with Gasteiger partial charge < -0.3 is 20.3 Å². The van der Waals surface area contributed by atoms with E-state index in [1.165, 1.54) is 0 Å². The lowest BCUT2D eigenvalue weighted by atomic mass is 10.00. The SMILES string of the molecule is CCC1OCCC1CNCC(O)CO. The van der Waals surface area contributed by atoms with Gasteiger partial charge in [0.2, 0.25) is 0 Å². The maximum absolute atomic E-state index is 9.11. The minimum absolute atomic E-state index is 0.175. The zero-order valence-electron chi connectivity index (χ0n) is 8.78. The van der Waals surface area contributed by atoms with Crippen molar-refractivity contribution in [1.82, 2.24) is 5.32 Å². The highest BCUT2D eigenvalue weighted by molar-refractivity contribution is 4.77. The van der Waals surface area contributed by atoms with Crippen LogP contribution in [-0.2, 0) is 4.74 Å². The second kappa shape index (κ2) is 6.35. The lowest BCUT2D eigenvalue weighted by molar-refractivity contribution is 0.0794. The van der Waals surface area contributed by atoms with Crippen molar-refractivity contribution in [1.29, 1.82) is 0 Å². The maximum atomic E-state index is 9.11. The smallest absolute Gasteiger partial charge is 0.0894 e. The summed E-state index contributed by atoms with van der Waals surface area (Å²) in [5.41, 5.74) is 0. The van der Waals surface area contributed by atoms with Crippen molar-refractivity contribution in [3.05, 3.63) is 0 Å². The van der Waals surface area contributed by atoms with Gasteiger partial charge >= 0.3 is 0 Å². The van der Waals surface area contributed by atoms with E-state index < -0.39 is 6.10 Å². The molecule has 0 aliphatic carbocycles. The van der Waals surface area contributed by atoms with Gasteiger partial charge in [-0.25, -0.2) is 0 Å². The molecular weight excluding hydrogens is 182 g/mol. The fourth-order valence-electron chi connectivity index (χ4n) is 1.88. The molecule has 4 heteroatoms. The van der Waals surface area contributed by atoms with Crippen LogP contribution in [0.25, 0.3) is 0 Å². The molecule has 0 amide bonds. The van der Waals surface area contributed by atoms with Gasteiger partial charge in [-0.05, 0) is 18.8 Å². The van der Waals surface area contributed by atoms with Crippen LogP contribution in [0, 0.1) is 5.92 Å². The predicted molar refractivity (Wildman–Crippen MR) is 54.1 cm³/mol. The van der Waals surface area contributed by atoms with Crippen molar-refractivity contribution in [2.75, 3.05) is 26.3 Å². The van der Waals surface area contributed by atoms with Crippen LogP contribution >= 0.6 is 0 Å². The molecule has 0 spiro atoms. The Balaban J connectivity index is 2.11. The van der Waals surface area contributed by atoms with E-state index in [0.29, 0.717) is 18.6 Å². The van der Waals surface area contributed by atoms with Crippen molar-refractivity contribution in [2.24, 2.45) is 5.92 Å². The molecule has 1 rings (SSSR count). The summed E-state index contributed by atoms with van der Waals surface area (Å²) in [7, 11) is 0. The molecule has 0 aromatic carbocycles. The average molecular weight is 203 g/mol. The van der Waals surface area contributed by atoms with Crippen LogP contribution in [0.4, 0.5) is 0 Å². The number of rotatable bonds is 6. The second-order valence-electron chi connectivity index (χ2n) is 3.86. The molecule has 1 aliphatic heterocycles. The zero-order chi connectivity index (χ0) is 10.4. The van der Waals surface area contributed by atoms with Gasteiger partial charge in [-0.2, -0.15) is 0 Å². The van der Waals surface area contributed by atoms with Gasteiger partial charge in [-0.1, -0.05) is 6.92 Å². The Hall–Kier alpha value is -0.160. The Morgan fingerprint density at radius 2 is 2.36 bits per heavy atom. The van der Waals surface area contributed by atoms with Crippen molar-refractivity contribution >= 4 is 0 Å². The molecule has 1 fully saturated rings. The Morgan fingerprint density at radius 1 is 1.57 bits per heavy atom. The molecule has 4 nitrogen and oxygen atoms in total. The second-order valence-corrected chi connectivity index (χ2v) is 3.86. The first-order valence-electron chi connectivity index (χ1n) is 5.39. The first-order chi connectivity index (χ1) is 6.77. The fourth-order valence-corrected chi connectivity index (χ4v) is 1.88. The summed E-state index contributed by atoms with van der Waals surface area (Å²) < 4.78 is 5.55. The first-order valence-corrected chi connectivity index (χ1v) is 5.39. The first kappa shape index (κ1) is 11.9. The van der Waals surface area contributed by atoms with Crippen LogP contribution in [0.5, 0.6) is 0 Å². The fraction of sp³-hybridized carbons (Fsp3) is 1.00. The third-order valence-electron chi connectivity index (χ3n) is 2.75. The molecule has 3 atom stereocenters. The molecule has 0 bridgehead atoms. The monoisotopic (exact) mass is 203 g/mol. The zero-order valence-corrected chi connectivity index (χ0v) is 8.78. The van der Waals surface area contributed by atoms with Crippen LogP contribution in [0.15, 0.2) is 0 Å². The molecular formula is C10H21NO3. The highest BCUT2D eigenvalue weighted by atomic mass is 16.5. The molecule has 84 valence electrons. The Kier molecular flexibility index (Phi) is 5.40. The van der Waals surface area contributed by atoms with Crippen molar-refractivity contribution in [3.63, 3.8) is 0 Å². The molecule has 1 aliphatic rings. The van der Waals surface area contributed by atoms with E-state index in [1.54, 1.807) is 0 Å². The van der Waals surface area contributed by atoms with Crippen molar-refractivity contribution < 1.29 is 14.9 Å². The number of ether oxygens (including phenoxy) is 1. The number of aliphatic hydroxyl groups excluding tert-OH is 2. The summed E-state index contributed by atoms with van der Waals surface area (Å²) in [4.78, 5) is 0. The topological polar surface area (TPSA) is 61.7 Å². The largest absolute Gasteiger partial charge is 0.394 e. The summed E-state index contributed by atoms with van der Waals surface area (Å²) in [6, 6.07) is 0. The van der Waals surface area contributed by atoms with E-state index in [4.69, 9.17) is 14.9 Å². The Morgan fingerprint density at radius 3 is 3.00 bits per heavy atom. The van der Waals surface area contributed by atoms with Gasteiger partial charge in [-0.3, -0.25) is 0 Å². The van der Waals surface area contributed by atoms with E-state index in [1.807, 2.05) is 0 Å². The van der Waals surface area contributed by atoms with Crippen LogP contribution in [0.3, 0.4) is 0 Å². The third kappa shape index (κ3) is 3.53. The van der Waals surface area contributed by atoms with Gasteiger partial charge in [0.1, 0.15) is 0 Å². The van der Waals surface area contributed by atoms with Gasteiger partial charge in [0.05, 0.1) is 18.8 Å². The van der Waals surface area contributed by atoms with E-state index in [2.05, 4.69) is 12.2 Å². The van der Waals surface area contributed by atoms with Gasteiger partial charge in [-0.15, -0.1) is 0 Å². The minimum Gasteiger partial charge on any atom is -0.394 e. The molecule has 3 N–H and O–H groups in total. The molecule has 3 unspecified atom stereocenters. The maximum Gasteiger partial charge on any atom is 0.0894 e. The number of hydrogen-bond acceptors (Lipinski definition) is 4. The van der Waals surface area contributed by atoms with Crippen LogP contribution in [0.2, 0.25) is 0 Å². The molecule has 0 aromatic rings. The normalized spacial score (nSPS) is 29.4. The number of aliphatic hydroxyl groups is 2. The van der Waals surface area contributed by atoms with Gasteiger partial charge in [0.15, 0.2) is 0 Å². The predicted octanol–water partition coefficient (Wildman–Crippen LogP) is -0.256. The van der Waals surface area contributed by atoms with Crippen LogP contribution in [-0.4, -0.2) is 48.7 Å². The summed E-state index contributed by atoms with van der Waals surface area (Å²) in [6.45, 7) is 4.14. The van der Waals surface area contributed by atoms with Gasteiger partial charge in [0, 0.05) is 19.7 Å². The van der Waals surface area contributed by atoms with Crippen LogP contribution in [0.1, 0.15) is 19.8 Å². The lowest BCUT2D eigenvalue weighted by Gasteiger charge is -2.18. The average Bonchev–Trinajstić information content (AvgIpc) is 2.65. The molecule has 0 aromatic heterocycles. The summed E-state index contributed by atoms with van der Waals surface area (Å²) in [6.07, 6.45) is 1.88. The summed E-state index contributed by atoms with van der Waals surface area (Å²) in [5.74, 6) is 0.561. The number of nitrogens with one attached hydrogen (secondary N) is 1. The number of hydrogen-bond donors (Lipinski definition) is 3.